The Balaban J connectivity index is 2.06. The quantitative estimate of drug-likeness (QED) is 0.662. The number of fused-ring (bicyclic) bond motifs is 1. The normalized spacial score (nSPS) is 20.0. The van der Waals surface area contributed by atoms with E-state index in [1.54, 1.807) is 16.7 Å². The van der Waals surface area contributed by atoms with Crippen LogP contribution in [-0.4, -0.2) is 34.3 Å². The lowest BCUT2D eigenvalue weighted by atomic mass is 9.85. The van der Waals surface area contributed by atoms with Crippen molar-refractivity contribution in [2.45, 2.75) is 59.4 Å². The Bertz CT molecular complexity index is 863. The number of amides is 1. The first-order valence-electron chi connectivity index (χ1n) is 10.1. The van der Waals surface area contributed by atoms with Crippen molar-refractivity contribution in [2.75, 3.05) is 12.4 Å². The highest BCUT2D eigenvalue weighted by Gasteiger charge is 2.41. The molecule has 1 atom stereocenters. The minimum Gasteiger partial charge on any atom is -0.462 e. The third-order valence-electron chi connectivity index (χ3n) is 5.07. The fourth-order valence-electron chi connectivity index (χ4n) is 3.46. The Morgan fingerprint density at radius 2 is 1.93 bits per heavy atom. The molecule has 1 saturated heterocycles. The van der Waals surface area contributed by atoms with Crippen molar-refractivity contribution in [3.8, 4) is 0 Å². The molecule has 0 aromatic heterocycles. The summed E-state index contributed by atoms with van der Waals surface area (Å²) >= 11 is 1.56. The minimum absolute atomic E-state index is 0.00550. The van der Waals surface area contributed by atoms with Gasteiger partial charge in [-0.3, -0.25) is 9.69 Å². The summed E-state index contributed by atoms with van der Waals surface area (Å²) in [4.78, 5) is 32.1. The third-order valence-corrected chi connectivity index (χ3v) is 6.02. The van der Waals surface area contributed by atoms with Gasteiger partial charge < -0.3 is 4.74 Å². The molecule has 0 spiro atoms. The van der Waals surface area contributed by atoms with E-state index in [-0.39, 0.29) is 17.2 Å². The van der Waals surface area contributed by atoms with E-state index in [0.717, 1.165) is 5.56 Å². The van der Waals surface area contributed by atoms with Crippen molar-refractivity contribution >= 4 is 28.8 Å². The largest absolute Gasteiger partial charge is 0.462 e. The predicted molar refractivity (Wildman–Crippen MR) is 118 cm³/mol. The molecule has 6 heteroatoms. The minimum atomic E-state index is -0.503. The number of rotatable bonds is 4. The van der Waals surface area contributed by atoms with Gasteiger partial charge in [-0.1, -0.05) is 70.6 Å². The number of thioether (sulfide) groups is 1. The molecule has 1 fully saturated rings. The molecule has 2 aliphatic heterocycles. The van der Waals surface area contributed by atoms with Gasteiger partial charge in [0.2, 0.25) is 5.91 Å². The molecule has 0 saturated carbocycles. The number of hydrogen-bond acceptors (Lipinski definition) is 5. The van der Waals surface area contributed by atoms with Crippen LogP contribution in [0.3, 0.4) is 0 Å². The Labute approximate surface area is 177 Å². The first kappa shape index (κ1) is 21.6. The molecule has 156 valence electrons. The van der Waals surface area contributed by atoms with Crippen LogP contribution in [0.25, 0.3) is 0 Å². The fraction of sp³-hybridized carbons (Fsp3) is 0.522. The number of esters is 1. The van der Waals surface area contributed by atoms with Crippen molar-refractivity contribution in [3.05, 3.63) is 46.7 Å². The summed E-state index contributed by atoms with van der Waals surface area (Å²) in [6.07, 6.45) is 0.438. The molecule has 0 radical (unpaired) electrons. The lowest BCUT2D eigenvalue weighted by Gasteiger charge is -2.39. The molecule has 2 aliphatic rings. The average molecular weight is 415 g/mol. The molecule has 5 nitrogen and oxygen atoms in total. The molecule has 0 unspecified atom stereocenters. The van der Waals surface area contributed by atoms with Gasteiger partial charge in [-0.05, 0) is 29.4 Å². The molecular formula is C23H30N2O3S. The van der Waals surface area contributed by atoms with Gasteiger partial charge in [-0.15, -0.1) is 0 Å². The molecule has 0 N–H and O–H groups in total. The summed E-state index contributed by atoms with van der Waals surface area (Å²) in [5, 5.41) is 0.670. The highest BCUT2D eigenvalue weighted by Crippen LogP contribution is 2.40. The maximum atomic E-state index is 13.0. The van der Waals surface area contributed by atoms with Crippen molar-refractivity contribution in [3.63, 3.8) is 0 Å². The number of ether oxygens (including phenoxy) is 1. The summed E-state index contributed by atoms with van der Waals surface area (Å²) in [5.41, 5.74) is 3.21. The standard InChI is InChI=1S/C23H30N2O3S/c1-14(2)13-28-21(27)19-15(3)24-22-25(18(26)11-12-29-22)20(19)16-7-9-17(10-8-16)23(4,5)6/h7-10,14,20H,11-13H2,1-6H3/t20-/m0/s1. The van der Waals surface area contributed by atoms with Crippen LogP contribution < -0.4 is 0 Å². The number of aliphatic imine (C=N–C) groups is 1. The van der Waals surface area contributed by atoms with Gasteiger partial charge in [-0.2, -0.15) is 0 Å². The zero-order chi connectivity index (χ0) is 21.3. The third kappa shape index (κ3) is 4.58. The van der Waals surface area contributed by atoms with Crippen molar-refractivity contribution in [1.82, 2.24) is 4.90 Å². The van der Waals surface area contributed by atoms with Crippen LogP contribution in [0, 0.1) is 5.92 Å². The van der Waals surface area contributed by atoms with E-state index < -0.39 is 12.0 Å². The average Bonchev–Trinajstić information content (AvgIpc) is 2.64. The Kier molecular flexibility index (Phi) is 6.22. The second-order valence-electron chi connectivity index (χ2n) is 9.02. The second kappa shape index (κ2) is 8.34. The zero-order valence-electron chi connectivity index (χ0n) is 18.1. The molecule has 3 rings (SSSR count). The van der Waals surface area contributed by atoms with Gasteiger partial charge in [0.1, 0.15) is 0 Å². The van der Waals surface area contributed by atoms with E-state index in [9.17, 15) is 9.59 Å². The molecule has 1 aromatic rings. The van der Waals surface area contributed by atoms with Gasteiger partial charge in [-0.25, -0.2) is 9.79 Å². The van der Waals surface area contributed by atoms with Gasteiger partial charge in [0.15, 0.2) is 5.17 Å². The molecule has 2 heterocycles. The smallest absolute Gasteiger partial charge is 0.338 e. The van der Waals surface area contributed by atoms with Crippen LogP contribution in [0.2, 0.25) is 0 Å². The Hall–Kier alpha value is -2.08. The van der Waals surface area contributed by atoms with Crippen LogP contribution in [-0.2, 0) is 19.7 Å². The number of benzene rings is 1. The number of hydrogen-bond donors (Lipinski definition) is 0. The number of nitrogens with zero attached hydrogens (tertiary/aromatic N) is 2. The first-order valence-corrected chi connectivity index (χ1v) is 11.1. The van der Waals surface area contributed by atoms with Crippen LogP contribution >= 0.6 is 11.8 Å². The molecule has 0 aliphatic carbocycles. The summed E-state index contributed by atoms with van der Waals surface area (Å²) in [6.45, 7) is 12.7. The topological polar surface area (TPSA) is 59.0 Å². The van der Waals surface area contributed by atoms with Crippen LogP contribution in [0.4, 0.5) is 0 Å². The first-order chi connectivity index (χ1) is 13.6. The molecule has 29 heavy (non-hydrogen) atoms. The SMILES string of the molecule is CC1=C(C(=O)OCC(C)C)[C@H](c2ccc(C(C)(C)C)cc2)N2C(=O)CCSC2=N1. The van der Waals surface area contributed by atoms with Crippen LogP contribution in [0.15, 0.2) is 40.5 Å². The monoisotopic (exact) mass is 414 g/mol. The van der Waals surface area contributed by atoms with Gasteiger partial charge in [0, 0.05) is 12.2 Å². The van der Waals surface area contributed by atoms with Gasteiger partial charge in [0.05, 0.1) is 23.9 Å². The van der Waals surface area contributed by atoms with E-state index >= 15 is 0 Å². The summed E-state index contributed by atoms with van der Waals surface area (Å²) < 4.78 is 5.55. The summed E-state index contributed by atoms with van der Waals surface area (Å²) in [7, 11) is 0. The number of carbonyl (C=O) groups is 2. The maximum Gasteiger partial charge on any atom is 0.338 e. The van der Waals surface area contributed by atoms with E-state index in [0.29, 0.717) is 35.2 Å². The molecular weight excluding hydrogens is 384 g/mol. The summed E-state index contributed by atoms with van der Waals surface area (Å²) in [6, 6.07) is 7.69. The molecule has 1 aromatic carbocycles. The van der Waals surface area contributed by atoms with Gasteiger partial charge >= 0.3 is 5.97 Å². The number of allylic oxidation sites excluding steroid dienone is 1. The fourth-order valence-corrected chi connectivity index (χ4v) is 4.47. The zero-order valence-corrected chi connectivity index (χ0v) is 18.9. The van der Waals surface area contributed by atoms with E-state index in [1.165, 1.54) is 5.56 Å². The lowest BCUT2D eigenvalue weighted by Crippen LogP contribution is -2.45. The highest BCUT2D eigenvalue weighted by atomic mass is 32.2. The second-order valence-corrected chi connectivity index (χ2v) is 10.1. The highest BCUT2D eigenvalue weighted by molar-refractivity contribution is 8.14. The van der Waals surface area contributed by atoms with E-state index in [2.05, 4.69) is 37.9 Å². The van der Waals surface area contributed by atoms with Crippen molar-refractivity contribution in [2.24, 2.45) is 10.9 Å². The Morgan fingerprint density at radius 3 is 2.52 bits per heavy atom. The number of amidine groups is 1. The predicted octanol–water partition coefficient (Wildman–Crippen LogP) is 4.83. The van der Waals surface area contributed by atoms with E-state index in [1.807, 2.05) is 32.9 Å². The Morgan fingerprint density at radius 1 is 1.28 bits per heavy atom. The van der Waals surface area contributed by atoms with Crippen molar-refractivity contribution < 1.29 is 14.3 Å². The maximum absolute atomic E-state index is 13.0. The van der Waals surface area contributed by atoms with Crippen LogP contribution in [0.5, 0.6) is 0 Å². The molecule has 1 amide bonds. The molecule has 0 bridgehead atoms. The lowest BCUT2D eigenvalue weighted by molar-refractivity contribution is -0.141. The summed E-state index contributed by atoms with van der Waals surface area (Å²) in [5.74, 6) is 0.546. The van der Waals surface area contributed by atoms with Crippen molar-refractivity contribution in [1.29, 1.82) is 0 Å². The van der Waals surface area contributed by atoms with Gasteiger partial charge in [0.25, 0.3) is 0 Å². The van der Waals surface area contributed by atoms with E-state index in [4.69, 9.17) is 4.74 Å². The number of carbonyl (C=O) groups excluding carboxylic acids is 2. The van der Waals surface area contributed by atoms with Crippen LogP contribution in [0.1, 0.15) is 65.1 Å².